The summed E-state index contributed by atoms with van der Waals surface area (Å²) in [6.45, 7) is 2.64. The third-order valence-corrected chi connectivity index (χ3v) is 5.59. The highest BCUT2D eigenvalue weighted by atomic mass is 19.1. The third-order valence-electron chi connectivity index (χ3n) is 5.59. The molecule has 26 heavy (non-hydrogen) atoms. The van der Waals surface area contributed by atoms with Crippen molar-refractivity contribution in [2.24, 2.45) is 0 Å². The highest BCUT2D eigenvalue weighted by Crippen LogP contribution is 2.34. The number of β-amino-alcohol motifs (C(OH)–C–C–N with tert-alkyl or cyclic N) is 1. The van der Waals surface area contributed by atoms with Gasteiger partial charge in [-0.3, -0.25) is 0 Å². The van der Waals surface area contributed by atoms with Gasteiger partial charge in [-0.2, -0.15) is 0 Å². The predicted octanol–water partition coefficient (Wildman–Crippen LogP) is 2.78. The Morgan fingerprint density at radius 2 is 1.85 bits per heavy atom. The Labute approximate surface area is 152 Å². The molecule has 2 aromatic carbocycles. The number of likely N-dealkylation sites (tertiary alicyclic amines) is 1. The second kappa shape index (κ2) is 6.99. The zero-order valence-corrected chi connectivity index (χ0v) is 14.7. The summed E-state index contributed by atoms with van der Waals surface area (Å²) in [5, 5.41) is 21.5. The van der Waals surface area contributed by atoms with E-state index in [4.69, 9.17) is 4.74 Å². The molecule has 5 heteroatoms. The van der Waals surface area contributed by atoms with Crippen LogP contribution in [0.1, 0.15) is 35.6 Å². The number of aliphatic hydroxyl groups is 2. The second-order valence-electron chi connectivity index (χ2n) is 7.32. The molecule has 1 fully saturated rings. The molecule has 2 aromatic rings. The van der Waals surface area contributed by atoms with Crippen molar-refractivity contribution in [2.75, 3.05) is 26.2 Å². The highest BCUT2D eigenvalue weighted by molar-refractivity contribution is 5.40. The van der Waals surface area contributed by atoms with E-state index in [2.05, 4.69) is 4.90 Å². The summed E-state index contributed by atoms with van der Waals surface area (Å²) < 4.78 is 18.6. The lowest BCUT2D eigenvalue weighted by molar-refractivity contribution is -0.0345. The molecule has 4 nitrogen and oxygen atoms in total. The molecule has 2 aliphatic heterocycles. The van der Waals surface area contributed by atoms with Crippen LogP contribution in [0.15, 0.2) is 42.5 Å². The molecular formula is C21H24FNO3. The molecular weight excluding hydrogens is 333 g/mol. The van der Waals surface area contributed by atoms with Crippen molar-refractivity contribution in [2.45, 2.75) is 31.0 Å². The molecule has 0 radical (unpaired) electrons. The van der Waals surface area contributed by atoms with Crippen molar-refractivity contribution in [3.63, 3.8) is 0 Å². The van der Waals surface area contributed by atoms with E-state index in [0.717, 1.165) is 28.9 Å². The zero-order valence-electron chi connectivity index (χ0n) is 14.7. The van der Waals surface area contributed by atoms with E-state index in [1.807, 2.05) is 18.2 Å². The molecule has 138 valence electrons. The minimum atomic E-state index is -0.917. The molecule has 0 bridgehead atoms. The number of nitrogens with zero attached hydrogens (tertiary/aromatic N) is 1. The fraction of sp³-hybridized carbons (Fsp3) is 0.429. The summed E-state index contributed by atoms with van der Waals surface area (Å²) in [5.74, 6) is 0.626. The van der Waals surface area contributed by atoms with Gasteiger partial charge in [0.15, 0.2) is 0 Å². The summed E-state index contributed by atoms with van der Waals surface area (Å²) in [5.41, 5.74) is 1.91. The molecule has 2 heterocycles. The lowest BCUT2D eigenvalue weighted by Crippen LogP contribution is -2.43. The standard InChI is InChI=1S/C21H24FNO3/c22-18-4-2-17(3-5-18)21(25)8-10-23(11-9-21)14-19(24)15-1-6-20-16(13-15)7-12-26-20/h1-6,13,19,24-25H,7-12,14H2/t19-/m0/s1. The molecule has 0 unspecified atom stereocenters. The predicted molar refractivity (Wildman–Crippen MR) is 96.6 cm³/mol. The highest BCUT2D eigenvalue weighted by Gasteiger charge is 2.34. The van der Waals surface area contributed by atoms with Crippen molar-refractivity contribution in [3.05, 3.63) is 65.0 Å². The summed E-state index contributed by atoms with van der Waals surface area (Å²) in [7, 11) is 0. The fourth-order valence-electron chi connectivity index (χ4n) is 3.92. The number of fused-ring (bicyclic) bond motifs is 1. The quantitative estimate of drug-likeness (QED) is 0.884. The summed E-state index contributed by atoms with van der Waals surface area (Å²) in [6.07, 6.45) is 1.48. The first-order chi connectivity index (χ1) is 12.5. The first-order valence-corrected chi connectivity index (χ1v) is 9.18. The van der Waals surface area contributed by atoms with Gasteiger partial charge in [-0.25, -0.2) is 4.39 Å². The number of ether oxygens (including phenoxy) is 1. The maximum Gasteiger partial charge on any atom is 0.123 e. The molecule has 0 amide bonds. The van der Waals surface area contributed by atoms with Crippen LogP contribution in [0.4, 0.5) is 4.39 Å². The van der Waals surface area contributed by atoms with E-state index in [9.17, 15) is 14.6 Å². The number of hydrogen-bond donors (Lipinski definition) is 2. The van der Waals surface area contributed by atoms with Crippen molar-refractivity contribution in [1.82, 2.24) is 4.90 Å². The van der Waals surface area contributed by atoms with Crippen molar-refractivity contribution < 1.29 is 19.3 Å². The Bertz CT molecular complexity index is 769. The van der Waals surface area contributed by atoms with Crippen LogP contribution in [0.3, 0.4) is 0 Å². The SMILES string of the molecule is O[C@@H](CN1CCC(O)(c2ccc(F)cc2)CC1)c1ccc2c(c1)CCO2. The smallest absolute Gasteiger partial charge is 0.123 e. The zero-order chi connectivity index (χ0) is 18.1. The van der Waals surface area contributed by atoms with Crippen LogP contribution in [-0.4, -0.2) is 41.4 Å². The average Bonchev–Trinajstić information content (AvgIpc) is 3.12. The molecule has 0 saturated carbocycles. The minimum Gasteiger partial charge on any atom is -0.493 e. The summed E-state index contributed by atoms with van der Waals surface area (Å²) >= 11 is 0. The molecule has 2 aliphatic rings. The molecule has 1 atom stereocenters. The van der Waals surface area contributed by atoms with Crippen LogP contribution in [0, 0.1) is 5.82 Å². The maximum absolute atomic E-state index is 13.1. The lowest BCUT2D eigenvalue weighted by Gasteiger charge is -2.39. The maximum atomic E-state index is 13.1. The first kappa shape index (κ1) is 17.5. The summed E-state index contributed by atoms with van der Waals surface area (Å²) in [6, 6.07) is 12.0. The Hall–Kier alpha value is -1.95. The van der Waals surface area contributed by atoms with Gasteiger partial charge in [0, 0.05) is 26.1 Å². The molecule has 0 spiro atoms. The van der Waals surface area contributed by atoms with Crippen LogP contribution in [0.5, 0.6) is 5.75 Å². The Morgan fingerprint density at radius 1 is 1.12 bits per heavy atom. The topological polar surface area (TPSA) is 52.9 Å². The van der Waals surface area contributed by atoms with E-state index in [1.54, 1.807) is 12.1 Å². The largest absolute Gasteiger partial charge is 0.493 e. The first-order valence-electron chi connectivity index (χ1n) is 9.18. The number of rotatable bonds is 4. The molecule has 4 rings (SSSR count). The van der Waals surface area contributed by atoms with Crippen LogP contribution in [0.25, 0.3) is 0 Å². The number of aliphatic hydroxyl groups excluding tert-OH is 1. The van der Waals surface area contributed by atoms with Gasteiger partial charge in [0.25, 0.3) is 0 Å². The van der Waals surface area contributed by atoms with Gasteiger partial charge < -0.3 is 19.8 Å². The summed E-state index contributed by atoms with van der Waals surface area (Å²) in [4.78, 5) is 2.17. The Kier molecular flexibility index (Phi) is 4.69. The van der Waals surface area contributed by atoms with Crippen molar-refractivity contribution in [1.29, 1.82) is 0 Å². The fourth-order valence-corrected chi connectivity index (χ4v) is 3.92. The molecule has 2 N–H and O–H groups in total. The number of halogens is 1. The van der Waals surface area contributed by atoms with Crippen LogP contribution in [0.2, 0.25) is 0 Å². The van der Waals surface area contributed by atoms with Crippen LogP contribution < -0.4 is 4.74 Å². The van der Waals surface area contributed by atoms with Crippen molar-refractivity contribution >= 4 is 0 Å². The van der Waals surface area contributed by atoms with E-state index in [0.29, 0.717) is 39.1 Å². The van der Waals surface area contributed by atoms with Gasteiger partial charge in [-0.05, 0) is 53.8 Å². The molecule has 0 aromatic heterocycles. The molecule has 0 aliphatic carbocycles. The van der Waals surface area contributed by atoms with Gasteiger partial charge in [-0.1, -0.05) is 18.2 Å². The number of hydrogen-bond acceptors (Lipinski definition) is 4. The van der Waals surface area contributed by atoms with E-state index >= 15 is 0 Å². The minimum absolute atomic E-state index is 0.294. The monoisotopic (exact) mass is 357 g/mol. The Morgan fingerprint density at radius 3 is 2.58 bits per heavy atom. The van der Waals surface area contributed by atoms with Gasteiger partial charge >= 0.3 is 0 Å². The van der Waals surface area contributed by atoms with Gasteiger partial charge in [-0.15, -0.1) is 0 Å². The van der Waals surface area contributed by atoms with Crippen LogP contribution in [-0.2, 0) is 12.0 Å². The van der Waals surface area contributed by atoms with Gasteiger partial charge in [0.2, 0.25) is 0 Å². The van der Waals surface area contributed by atoms with Crippen molar-refractivity contribution in [3.8, 4) is 5.75 Å². The molecule has 1 saturated heterocycles. The number of benzene rings is 2. The van der Waals surface area contributed by atoms with Crippen LogP contribution >= 0.6 is 0 Å². The van der Waals surface area contributed by atoms with Gasteiger partial charge in [0.05, 0.1) is 18.3 Å². The van der Waals surface area contributed by atoms with Gasteiger partial charge in [0.1, 0.15) is 11.6 Å². The Balaban J connectivity index is 1.37. The van der Waals surface area contributed by atoms with E-state index in [-0.39, 0.29) is 5.82 Å². The number of piperidine rings is 1. The second-order valence-corrected chi connectivity index (χ2v) is 7.32. The van der Waals surface area contributed by atoms with E-state index in [1.165, 1.54) is 12.1 Å². The van der Waals surface area contributed by atoms with E-state index < -0.39 is 11.7 Å². The lowest BCUT2D eigenvalue weighted by atomic mass is 9.84. The average molecular weight is 357 g/mol. The normalized spacial score (nSPS) is 20.4. The third kappa shape index (κ3) is 3.47.